The molecule has 10 nitrogen and oxygen atoms in total. The molecule has 2 aromatic carbocycles. The van der Waals surface area contributed by atoms with Gasteiger partial charge in [-0.25, -0.2) is 0 Å². The average Bonchev–Trinajstić information content (AvgIpc) is 3.85. The van der Waals surface area contributed by atoms with Gasteiger partial charge in [0.25, 0.3) is 0 Å². The number of anilines is 1. The number of amides is 1. The van der Waals surface area contributed by atoms with Gasteiger partial charge in [-0.15, -0.1) is 0 Å². The predicted octanol–water partition coefficient (Wildman–Crippen LogP) is 7.17. The summed E-state index contributed by atoms with van der Waals surface area (Å²) < 4.78 is 54.8. The molecule has 2 aliphatic carbocycles. The van der Waals surface area contributed by atoms with Crippen LogP contribution in [0.25, 0.3) is 32.9 Å². The molecule has 4 aromatic rings. The quantitative estimate of drug-likeness (QED) is 0.191. The number of likely N-dealkylation sites (tertiary alicyclic amines) is 2. The highest BCUT2D eigenvalue weighted by atomic mass is 19.4. The molecular weight excluding hydrogens is 683 g/mol. The number of hydrogen-bond donors (Lipinski definition) is 1. The van der Waals surface area contributed by atoms with Crippen LogP contribution in [0.4, 0.5) is 19.0 Å². The minimum absolute atomic E-state index is 0.0414. The maximum absolute atomic E-state index is 14.1. The number of H-pyrrole nitrogens is 1. The number of benzene rings is 2. The van der Waals surface area contributed by atoms with Crippen LogP contribution in [0.15, 0.2) is 37.1 Å². The lowest BCUT2D eigenvalue weighted by molar-refractivity contribution is -0.153. The van der Waals surface area contributed by atoms with Crippen LogP contribution in [0.1, 0.15) is 68.4 Å². The van der Waals surface area contributed by atoms with Crippen molar-refractivity contribution in [2.45, 2.75) is 76.5 Å². The molecule has 5 fully saturated rings. The van der Waals surface area contributed by atoms with Gasteiger partial charge in [0.2, 0.25) is 5.91 Å². The number of alkyl halides is 3. The number of carbonyl (C=O) groups is 1. The first kappa shape index (κ1) is 34.4. The van der Waals surface area contributed by atoms with E-state index in [4.69, 9.17) is 19.4 Å². The molecular formula is C40H46F3N7O3. The third kappa shape index (κ3) is 6.28. The maximum Gasteiger partial charge on any atom is 0.422 e. The Kier molecular flexibility index (Phi) is 8.17. The van der Waals surface area contributed by atoms with Gasteiger partial charge in [-0.2, -0.15) is 28.2 Å². The van der Waals surface area contributed by atoms with Crippen LogP contribution in [-0.2, 0) is 4.79 Å². The zero-order chi connectivity index (χ0) is 36.7. The fourth-order valence-corrected chi connectivity index (χ4v) is 9.44. The van der Waals surface area contributed by atoms with Crippen molar-refractivity contribution in [2.75, 3.05) is 57.8 Å². The second kappa shape index (κ2) is 12.6. The second-order valence-corrected chi connectivity index (χ2v) is 16.5. The van der Waals surface area contributed by atoms with E-state index in [1.807, 2.05) is 24.0 Å². The van der Waals surface area contributed by atoms with E-state index in [2.05, 4.69) is 39.7 Å². The summed E-state index contributed by atoms with van der Waals surface area (Å²) in [6.45, 7) is 9.07. The Bertz CT molecular complexity index is 2080. The first-order valence-corrected chi connectivity index (χ1v) is 18.9. The summed E-state index contributed by atoms with van der Waals surface area (Å²) in [7, 11) is 2.16. The molecule has 53 heavy (non-hydrogen) atoms. The number of nitrogens with one attached hydrogen (secondary N) is 1. The molecule has 0 radical (unpaired) electrons. The SMILES string of the molecule is C=CC(=O)N1CC2(CCN(c3nc(OC4CC5(CCN(C)CC5)C4)nc4c(OCC(F)(F)F)c(-c5c(C)ccc6[nH]ncc56)c(C5CC5)cc34)CC2)C1. The van der Waals surface area contributed by atoms with E-state index in [0.717, 1.165) is 92.0 Å². The molecule has 0 bridgehead atoms. The van der Waals surface area contributed by atoms with Gasteiger partial charge in [-0.1, -0.05) is 12.6 Å². The first-order valence-electron chi connectivity index (χ1n) is 18.9. The topological polar surface area (TPSA) is 99.7 Å². The summed E-state index contributed by atoms with van der Waals surface area (Å²) in [4.78, 5) is 28.7. The Labute approximate surface area is 306 Å². The van der Waals surface area contributed by atoms with Gasteiger partial charge in [0.15, 0.2) is 12.4 Å². The van der Waals surface area contributed by atoms with E-state index in [-0.39, 0.29) is 40.5 Å². The van der Waals surface area contributed by atoms with E-state index in [0.29, 0.717) is 48.5 Å². The lowest BCUT2D eigenvalue weighted by Gasteiger charge is -2.54. The van der Waals surface area contributed by atoms with Gasteiger partial charge in [0, 0.05) is 47.9 Å². The highest BCUT2D eigenvalue weighted by Gasteiger charge is 2.48. The number of carbonyl (C=O) groups excluding carboxylic acids is 1. The molecule has 0 unspecified atom stereocenters. The fraction of sp³-hybridized carbons (Fsp3) is 0.550. The second-order valence-electron chi connectivity index (χ2n) is 16.5. The molecule has 1 amide bonds. The Morgan fingerprint density at radius 3 is 2.42 bits per heavy atom. The molecule has 3 saturated heterocycles. The molecule has 2 saturated carbocycles. The molecule has 5 heterocycles. The molecule has 1 N–H and O–H groups in total. The van der Waals surface area contributed by atoms with Crippen LogP contribution in [0.5, 0.6) is 11.8 Å². The highest BCUT2D eigenvalue weighted by molar-refractivity contribution is 6.06. The third-order valence-electron chi connectivity index (χ3n) is 12.7. The number of aryl methyl sites for hydroxylation is 1. The van der Waals surface area contributed by atoms with Crippen LogP contribution in [0, 0.1) is 17.8 Å². The summed E-state index contributed by atoms with van der Waals surface area (Å²) in [5.74, 6) is 0.894. The average molecular weight is 730 g/mol. The lowest BCUT2D eigenvalue weighted by atomic mass is 9.61. The number of aromatic amines is 1. The fourth-order valence-electron chi connectivity index (χ4n) is 9.44. The summed E-state index contributed by atoms with van der Waals surface area (Å²) in [5.41, 5.74) is 4.71. The monoisotopic (exact) mass is 729 g/mol. The number of aromatic nitrogens is 4. The molecule has 280 valence electrons. The van der Waals surface area contributed by atoms with Crippen molar-refractivity contribution in [3.63, 3.8) is 0 Å². The van der Waals surface area contributed by atoms with Crippen molar-refractivity contribution in [3.05, 3.63) is 48.2 Å². The Hall–Kier alpha value is -4.39. The molecule has 5 aliphatic rings. The molecule has 13 heteroatoms. The minimum atomic E-state index is -4.57. The molecule has 2 aromatic heterocycles. The van der Waals surface area contributed by atoms with Gasteiger partial charge in [0.1, 0.15) is 17.4 Å². The van der Waals surface area contributed by atoms with E-state index < -0.39 is 12.8 Å². The highest BCUT2D eigenvalue weighted by Crippen LogP contribution is 2.54. The van der Waals surface area contributed by atoms with Crippen LogP contribution in [0.2, 0.25) is 0 Å². The molecule has 9 rings (SSSR count). The van der Waals surface area contributed by atoms with E-state index in [1.165, 1.54) is 6.08 Å². The van der Waals surface area contributed by atoms with Gasteiger partial charge in [-0.3, -0.25) is 9.89 Å². The number of ether oxygens (including phenoxy) is 2. The van der Waals surface area contributed by atoms with E-state index in [9.17, 15) is 18.0 Å². The molecule has 3 aliphatic heterocycles. The van der Waals surface area contributed by atoms with Crippen molar-refractivity contribution in [1.29, 1.82) is 0 Å². The zero-order valence-electron chi connectivity index (χ0n) is 30.4. The van der Waals surface area contributed by atoms with Crippen LogP contribution in [0.3, 0.4) is 0 Å². The number of piperidine rings is 2. The number of rotatable bonds is 8. The third-order valence-corrected chi connectivity index (χ3v) is 12.7. The van der Waals surface area contributed by atoms with Gasteiger partial charge >= 0.3 is 12.2 Å². The van der Waals surface area contributed by atoms with Crippen molar-refractivity contribution in [3.8, 4) is 22.9 Å². The predicted molar refractivity (Wildman–Crippen MR) is 196 cm³/mol. The summed E-state index contributed by atoms with van der Waals surface area (Å²) in [6, 6.07) is 6.18. The number of hydrogen-bond acceptors (Lipinski definition) is 8. The number of nitrogens with zero attached hydrogens (tertiary/aromatic N) is 6. The van der Waals surface area contributed by atoms with Crippen LogP contribution >= 0.6 is 0 Å². The smallest absolute Gasteiger partial charge is 0.422 e. The maximum atomic E-state index is 14.1. The van der Waals surface area contributed by atoms with Crippen LogP contribution in [-0.4, -0.2) is 101 Å². The Morgan fingerprint density at radius 2 is 1.74 bits per heavy atom. The Morgan fingerprint density at radius 1 is 1.02 bits per heavy atom. The van der Waals surface area contributed by atoms with Crippen LogP contribution < -0.4 is 14.4 Å². The van der Waals surface area contributed by atoms with Gasteiger partial charge < -0.3 is 24.2 Å². The summed E-state index contributed by atoms with van der Waals surface area (Å²) in [5, 5.41) is 8.81. The largest absolute Gasteiger partial charge is 0.481 e. The van der Waals surface area contributed by atoms with E-state index >= 15 is 0 Å². The Balaban J connectivity index is 1.16. The van der Waals surface area contributed by atoms with E-state index in [1.54, 1.807) is 6.20 Å². The standard InChI is InChI=1S/C40H46F3N7O3/c1-4-31(51)50-21-39(22-50)11-15-49(16-12-39)36-28-17-27(25-6-7-25)33(32-24(2)5-8-30-29(32)20-44-47-30)35(52-23-40(41,42)43)34(28)45-37(46-36)53-26-18-38(19-26)9-13-48(3)14-10-38/h4-5,8,17,20,25-26H,1,6-7,9-16,18-19,21-23H2,2-3H3,(H,44,47). The number of fused-ring (bicyclic) bond motifs is 2. The summed E-state index contributed by atoms with van der Waals surface area (Å²) in [6.07, 6.45) is 6.13. The first-order chi connectivity index (χ1) is 25.4. The lowest BCUT2D eigenvalue weighted by Crippen LogP contribution is -2.61. The van der Waals surface area contributed by atoms with Gasteiger partial charge in [0.05, 0.1) is 11.7 Å². The van der Waals surface area contributed by atoms with Crippen molar-refractivity contribution < 1.29 is 27.4 Å². The zero-order valence-corrected chi connectivity index (χ0v) is 30.4. The van der Waals surface area contributed by atoms with Crippen molar-refractivity contribution in [2.24, 2.45) is 10.8 Å². The van der Waals surface area contributed by atoms with Gasteiger partial charge in [-0.05, 0) is 125 Å². The molecule has 2 spiro atoms. The normalized spacial score (nSPS) is 21.6. The van der Waals surface area contributed by atoms with Crippen molar-refractivity contribution in [1.82, 2.24) is 30.0 Å². The molecule has 0 atom stereocenters. The van der Waals surface area contributed by atoms with Crippen molar-refractivity contribution >= 4 is 33.5 Å². The minimum Gasteiger partial charge on any atom is -0.481 e. The summed E-state index contributed by atoms with van der Waals surface area (Å²) >= 11 is 0. The number of halogens is 3.